The van der Waals surface area contributed by atoms with Crippen LogP contribution in [-0.2, 0) is 4.74 Å². The summed E-state index contributed by atoms with van der Waals surface area (Å²) in [6, 6.07) is 0. The highest BCUT2D eigenvalue weighted by Gasteiger charge is 2.30. The lowest BCUT2D eigenvalue weighted by Gasteiger charge is -2.16. The van der Waals surface area contributed by atoms with Gasteiger partial charge in [0.1, 0.15) is 6.23 Å². The fraction of sp³-hybridized carbons (Fsp3) is 1.00. The van der Waals surface area contributed by atoms with E-state index in [2.05, 4.69) is 24.0 Å². The van der Waals surface area contributed by atoms with E-state index in [0.717, 1.165) is 12.5 Å². The fourth-order valence-corrected chi connectivity index (χ4v) is 2.98. The minimum absolute atomic E-state index is 0.361. The van der Waals surface area contributed by atoms with Crippen LogP contribution in [-0.4, -0.2) is 30.4 Å². The van der Waals surface area contributed by atoms with Crippen LogP contribution >= 0.6 is 11.8 Å². The second-order valence-electron chi connectivity index (χ2n) is 3.40. The molecule has 3 atom stereocenters. The maximum absolute atomic E-state index is 5.72. The van der Waals surface area contributed by atoms with Gasteiger partial charge in [0, 0.05) is 12.5 Å². The monoisotopic (exact) mass is 173 g/mol. The van der Waals surface area contributed by atoms with E-state index >= 15 is 0 Å². The largest absolute Gasteiger partial charge is 0.359 e. The van der Waals surface area contributed by atoms with Gasteiger partial charge in [-0.2, -0.15) is 11.8 Å². The van der Waals surface area contributed by atoms with Crippen LogP contribution in [0.25, 0.3) is 0 Å². The number of hydrogen-bond acceptors (Lipinski definition) is 3. The molecule has 0 aromatic carbocycles. The van der Waals surface area contributed by atoms with E-state index in [0.29, 0.717) is 12.3 Å². The fourth-order valence-electron chi connectivity index (χ4n) is 1.70. The third kappa shape index (κ3) is 1.71. The Bertz CT molecular complexity index is 136. The summed E-state index contributed by atoms with van der Waals surface area (Å²) in [5.41, 5.74) is 0. The summed E-state index contributed by atoms with van der Waals surface area (Å²) >= 11 is 2.05. The first kappa shape index (κ1) is 7.90. The van der Waals surface area contributed by atoms with Gasteiger partial charge in [-0.1, -0.05) is 0 Å². The molecule has 0 bridgehead atoms. The normalized spacial score (nSPS) is 45.0. The first-order valence-electron chi connectivity index (χ1n) is 4.33. The van der Waals surface area contributed by atoms with Crippen molar-refractivity contribution < 1.29 is 4.74 Å². The Balaban J connectivity index is 1.85. The minimum Gasteiger partial charge on any atom is -0.359 e. The van der Waals surface area contributed by atoms with E-state index < -0.39 is 0 Å². The molecule has 11 heavy (non-hydrogen) atoms. The second kappa shape index (κ2) is 3.33. The van der Waals surface area contributed by atoms with Gasteiger partial charge >= 0.3 is 0 Å². The van der Waals surface area contributed by atoms with Crippen molar-refractivity contribution >= 4 is 11.8 Å². The SMILES string of the molecule is CC1CNC(C2CCSC2)O1. The van der Waals surface area contributed by atoms with E-state index in [-0.39, 0.29) is 0 Å². The van der Waals surface area contributed by atoms with Crippen LogP contribution in [0.1, 0.15) is 13.3 Å². The topological polar surface area (TPSA) is 21.3 Å². The van der Waals surface area contributed by atoms with Crippen molar-refractivity contribution in [1.82, 2.24) is 5.32 Å². The lowest BCUT2D eigenvalue weighted by molar-refractivity contribution is 0.0199. The molecule has 0 spiro atoms. The van der Waals surface area contributed by atoms with Gasteiger partial charge in [-0.15, -0.1) is 0 Å². The number of nitrogens with one attached hydrogen (secondary N) is 1. The molecule has 0 aliphatic carbocycles. The summed E-state index contributed by atoms with van der Waals surface area (Å²) in [4.78, 5) is 0. The van der Waals surface area contributed by atoms with Gasteiger partial charge in [-0.05, 0) is 24.9 Å². The van der Waals surface area contributed by atoms with Crippen LogP contribution in [0.2, 0.25) is 0 Å². The van der Waals surface area contributed by atoms with Gasteiger partial charge < -0.3 is 4.74 Å². The van der Waals surface area contributed by atoms with E-state index in [1.165, 1.54) is 17.9 Å². The maximum Gasteiger partial charge on any atom is 0.112 e. The van der Waals surface area contributed by atoms with Crippen molar-refractivity contribution in [3.05, 3.63) is 0 Å². The Morgan fingerprint density at radius 2 is 2.45 bits per heavy atom. The van der Waals surface area contributed by atoms with Crippen molar-refractivity contribution in [3.63, 3.8) is 0 Å². The van der Waals surface area contributed by atoms with Crippen molar-refractivity contribution in [2.24, 2.45) is 5.92 Å². The molecule has 3 unspecified atom stereocenters. The Kier molecular flexibility index (Phi) is 2.39. The molecule has 0 aromatic rings. The molecule has 3 heteroatoms. The van der Waals surface area contributed by atoms with Gasteiger partial charge in [-0.25, -0.2) is 0 Å². The molecule has 64 valence electrons. The lowest BCUT2D eigenvalue weighted by atomic mass is 10.1. The molecule has 2 fully saturated rings. The Morgan fingerprint density at radius 3 is 3.00 bits per heavy atom. The lowest BCUT2D eigenvalue weighted by Crippen LogP contribution is -2.31. The molecule has 2 heterocycles. The first-order valence-corrected chi connectivity index (χ1v) is 5.48. The van der Waals surface area contributed by atoms with Gasteiger partial charge in [0.05, 0.1) is 6.10 Å². The number of rotatable bonds is 1. The molecule has 0 aromatic heterocycles. The highest BCUT2D eigenvalue weighted by Crippen LogP contribution is 2.28. The third-order valence-electron chi connectivity index (χ3n) is 2.38. The summed E-state index contributed by atoms with van der Waals surface area (Å²) in [5, 5.41) is 3.41. The van der Waals surface area contributed by atoms with Crippen LogP contribution in [0.4, 0.5) is 0 Å². The molecular weight excluding hydrogens is 158 g/mol. The summed E-state index contributed by atoms with van der Waals surface area (Å²) in [5.74, 6) is 3.37. The van der Waals surface area contributed by atoms with Crippen molar-refractivity contribution in [2.45, 2.75) is 25.7 Å². The predicted molar refractivity (Wildman–Crippen MR) is 47.8 cm³/mol. The summed E-state index contributed by atoms with van der Waals surface area (Å²) in [6.07, 6.45) is 2.11. The minimum atomic E-state index is 0.361. The molecule has 0 amide bonds. The van der Waals surface area contributed by atoms with Crippen LogP contribution in [0.15, 0.2) is 0 Å². The number of hydrogen-bond donors (Lipinski definition) is 1. The van der Waals surface area contributed by atoms with Crippen molar-refractivity contribution in [3.8, 4) is 0 Å². The number of thioether (sulfide) groups is 1. The van der Waals surface area contributed by atoms with E-state index in [1.807, 2.05) is 0 Å². The molecule has 0 saturated carbocycles. The van der Waals surface area contributed by atoms with Gasteiger partial charge in [0.25, 0.3) is 0 Å². The van der Waals surface area contributed by atoms with E-state index in [1.54, 1.807) is 0 Å². The van der Waals surface area contributed by atoms with Gasteiger partial charge in [0.2, 0.25) is 0 Å². The Hall–Kier alpha value is 0.270. The van der Waals surface area contributed by atoms with Gasteiger partial charge in [-0.3, -0.25) is 5.32 Å². The molecule has 0 radical (unpaired) electrons. The summed E-state index contributed by atoms with van der Waals surface area (Å²) < 4.78 is 5.72. The predicted octanol–water partition coefficient (Wildman–Crippen LogP) is 1.07. The average molecular weight is 173 g/mol. The molecule has 2 saturated heterocycles. The molecule has 1 N–H and O–H groups in total. The van der Waals surface area contributed by atoms with Crippen LogP contribution < -0.4 is 5.32 Å². The molecule has 2 aliphatic rings. The van der Waals surface area contributed by atoms with Crippen molar-refractivity contribution in [2.75, 3.05) is 18.1 Å². The zero-order valence-corrected chi connectivity index (χ0v) is 7.69. The van der Waals surface area contributed by atoms with E-state index in [9.17, 15) is 0 Å². The maximum atomic E-state index is 5.72. The average Bonchev–Trinajstić information content (AvgIpc) is 2.55. The summed E-state index contributed by atoms with van der Waals surface area (Å²) in [7, 11) is 0. The smallest absolute Gasteiger partial charge is 0.112 e. The number of ether oxygens (including phenoxy) is 1. The van der Waals surface area contributed by atoms with Crippen molar-refractivity contribution in [1.29, 1.82) is 0 Å². The van der Waals surface area contributed by atoms with Crippen LogP contribution in [0, 0.1) is 5.92 Å². The first-order chi connectivity index (χ1) is 5.36. The standard InChI is InChI=1S/C8H15NOS/c1-6-4-9-8(10-6)7-2-3-11-5-7/h6-9H,2-5H2,1H3. The molecule has 2 nitrogen and oxygen atoms in total. The van der Waals surface area contributed by atoms with Crippen LogP contribution in [0.5, 0.6) is 0 Å². The van der Waals surface area contributed by atoms with E-state index in [4.69, 9.17) is 4.74 Å². The highest BCUT2D eigenvalue weighted by atomic mass is 32.2. The summed E-state index contributed by atoms with van der Waals surface area (Å²) in [6.45, 7) is 3.17. The second-order valence-corrected chi connectivity index (χ2v) is 4.55. The molecule has 2 rings (SSSR count). The zero-order valence-electron chi connectivity index (χ0n) is 6.88. The quantitative estimate of drug-likeness (QED) is 0.641. The highest BCUT2D eigenvalue weighted by molar-refractivity contribution is 7.99. The molecule has 2 aliphatic heterocycles. The Labute approximate surface area is 72.1 Å². The zero-order chi connectivity index (χ0) is 7.68. The third-order valence-corrected chi connectivity index (χ3v) is 3.57. The Morgan fingerprint density at radius 1 is 1.55 bits per heavy atom. The van der Waals surface area contributed by atoms with Gasteiger partial charge in [0.15, 0.2) is 0 Å². The van der Waals surface area contributed by atoms with Crippen LogP contribution in [0.3, 0.4) is 0 Å². The molecular formula is C8H15NOS.